The number of carbonyl (C=O) groups is 1. The SMILES string of the molecule is COC(=O)c1ccc(C(C)NC2(C)CCS(=O)(=O)C2)o1. The van der Waals surface area contributed by atoms with Gasteiger partial charge in [-0.05, 0) is 32.4 Å². The van der Waals surface area contributed by atoms with Crippen LogP contribution in [-0.4, -0.2) is 38.5 Å². The molecule has 1 aromatic heterocycles. The number of esters is 1. The Morgan fingerprint density at radius 2 is 2.20 bits per heavy atom. The quantitative estimate of drug-likeness (QED) is 0.844. The van der Waals surface area contributed by atoms with E-state index in [0.29, 0.717) is 12.2 Å². The maximum Gasteiger partial charge on any atom is 0.373 e. The van der Waals surface area contributed by atoms with Crippen molar-refractivity contribution >= 4 is 15.8 Å². The Balaban J connectivity index is 2.07. The van der Waals surface area contributed by atoms with Crippen LogP contribution in [0.15, 0.2) is 16.5 Å². The van der Waals surface area contributed by atoms with E-state index in [9.17, 15) is 13.2 Å². The average Bonchev–Trinajstić information content (AvgIpc) is 2.93. The first-order chi connectivity index (χ1) is 9.25. The summed E-state index contributed by atoms with van der Waals surface area (Å²) >= 11 is 0. The number of nitrogens with one attached hydrogen (secondary N) is 1. The minimum atomic E-state index is -2.96. The largest absolute Gasteiger partial charge is 0.463 e. The number of hydrogen-bond donors (Lipinski definition) is 1. The van der Waals surface area contributed by atoms with Crippen LogP contribution in [0.4, 0.5) is 0 Å². The van der Waals surface area contributed by atoms with Gasteiger partial charge in [-0.3, -0.25) is 0 Å². The summed E-state index contributed by atoms with van der Waals surface area (Å²) in [6, 6.07) is 3.05. The van der Waals surface area contributed by atoms with Gasteiger partial charge in [0.1, 0.15) is 5.76 Å². The second-order valence-corrected chi connectivity index (χ2v) is 7.65. The van der Waals surface area contributed by atoms with Crippen molar-refractivity contribution in [3.8, 4) is 0 Å². The highest BCUT2D eigenvalue weighted by Gasteiger charge is 2.39. The van der Waals surface area contributed by atoms with Crippen molar-refractivity contribution in [3.63, 3.8) is 0 Å². The molecule has 112 valence electrons. The van der Waals surface area contributed by atoms with E-state index < -0.39 is 21.3 Å². The van der Waals surface area contributed by atoms with Gasteiger partial charge in [0.15, 0.2) is 9.84 Å². The summed E-state index contributed by atoms with van der Waals surface area (Å²) in [4.78, 5) is 11.3. The van der Waals surface area contributed by atoms with Crippen LogP contribution in [0.1, 0.15) is 42.6 Å². The van der Waals surface area contributed by atoms with E-state index in [4.69, 9.17) is 4.42 Å². The molecule has 0 aliphatic carbocycles. The molecule has 1 aliphatic heterocycles. The van der Waals surface area contributed by atoms with Crippen LogP contribution in [0.25, 0.3) is 0 Å². The van der Waals surface area contributed by atoms with Crippen LogP contribution < -0.4 is 5.32 Å². The molecule has 2 rings (SSSR count). The number of methoxy groups -OCH3 is 1. The lowest BCUT2D eigenvalue weighted by Gasteiger charge is -2.27. The Morgan fingerprint density at radius 3 is 2.75 bits per heavy atom. The first-order valence-electron chi connectivity index (χ1n) is 6.41. The number of carbonyl (C=O) groups excluding carboxylic acids is 1. The van der Waals surface area contributed by atoms with E-state index in [1.54, 1.807) is 12.1 Å². The molecule has 2 heterocycles. The molecule has 1 saturated heterocycles. The van der Waals surface area contributed by atoms with Crippen molar-refractivity contribution in [2.45, 2.75) is 31.8 Å². The van der Waals surface area contributed by atoms with Crippen LogP contribution in [0.2, 0.25) is 0 Å². The lowest BCUT2D eigenvalue weighted by molar-refractivity contribution is 0.0562. The average molecular weight is 301 g/mol. The maximum atomic E-state index is 11.6. The minimum absolute atomic E-state index is 0.120. The zero-order valence-corrected chi connectivity index (χ0v) is 12.6. The molecule has 6 nitrogen and oxygen atoms in total. The number of sulfone groups is 1. The predicted octanol–water partition coefficient (Wildman–Crippen LogP) is 1.29. The van der Waals surface area contributed by atoms with Crippen LogP contribution in [0, 0.1) is 0 Å². The summed E-state index contributed by atoms with van der Waals surface area (Å²) in [6.45, 7) is 3.76. The number of ether oxygens (including phenoxy) is 1. The first-order valence-corrected chi connectivity index (χ1v) is 8.23. The van der Waals surface area contributed by atoms with Gasteiger partial charge in [-0.2, -0.15) is 0 Å². The zero-order chi connectivity index (χ0) is 15.0. The van der Waals surface area contributed by atoms with Crippen LogP contribution >= 0.6 is 0 Å². The number of furan rings is 1. The fraction of sp³-hybridized carbons (Fsp3) is 0.615. The molecule has 0 saturated carbocycles. The second kappa shape index (κ2) is 5.21. The normalized spacial score (nSPS) is 26.4. The van der Waals surface area contributed by atoms with E-state index in [-0.39, 0.29) is 23.3 Å². The molecule has 0 amide bonds. The Morgan fingerprint density at radius 1 is 1.50 bits per heavy atom. The van der Waals surface area contributed by atoms with Gasteiger partial charge < -0.3 is 14.5 Å². The smallest absolute Gasteiger partial charge is 0.373 e. The lowest BCUT2D eigenvalue weighted by atomic mass is 10.0. The molecule has 2 unspecified atom stereocenters. The van der Waals surface area contributed by atoms with Crippen molar-refractivity contribution in [2.75, 3.05) is 18.6 Å². The Bertz CT molecular complexity index is 606. The molecule has 0 aromatic carbocycles. The lowest BCUT2D eigenvalue weighted by Crippen LogP contribution is -2.44. The van der Waals surface area contributed by atoms with Gasteiger partial charge in [0.05, 0.1) is 24.7 Å². The minimum Gasteiger partial charge on any atom is -0.463 e. The van der Waals surface area contributed by atoms with Gasteiger partial charge in [-0.25, -0.2) is 13.2 Å². The molecule has 1 fully saturated rings. The first kappa shape index (κ1) is 15.1. The van der Waals surface area contributed by atoms with Crippen LogP contribution in [0.5, 0.6) is 0 Å². The van der Waals surface area contributed by atoms with Crippen molar-refractivity contribution in [2.24, 2.45) is 0 Å². The van der Waals surface area contributed by atoms with E-state index in [0.717, 1.165) is 0 Å². The molecule has 7 heteroatoms. The standard InChI is InChI=1S/C13H19NO5S/c1-9(10-4-5-11(19-10)12(15)18-3)14-13(2)6-7-20(16,17)8-13/h4-5,9,14H,6-8H2,1-3H3. The summed E-state index contributed by atoms with van der Waals surface area (Å²) in [5.41, 5.74) is -0.462. The van der Waals surface area contributed by atoms with E-state index in [1.165, 1.54) is 7.11 Å². The molecule has 1 N–H and O–H groups in total. The Kier molecular flexibility index (Phi) is 3.93. The van der Waals surface area contributed by atoms with Gasteiger partial charge >= 0.3 is 5.97 Å². The fourth-order valence-electron chi connectivity index (χ4n) is 2.51. The van der Waals surface area contributed by atoms with Gasteiger partial charge in [-0.1, -0.05) is 0 Å². The molecule has 1 aromatic rings. The summed E-state index contributed by atoms with van der Waals surface area (Å²) in [5, 5.41) is 3.27. The van der Waals surface area contributed by atoms with E-state index in [2.05, 4.69) is 10.1 Å². The molecule has 2 atom stereocenters. The molecule has 0 spiro atoms. The van der Waals surface area contributed by atoms with Gasteiger partial charge in [0.2, 0.25) is 5.76 Å². The highest BCUT2D eigenvalue weighted by Crippen LogP contribution is 2.27. The maximum absolute atomic E-state index is 11.6. The second-order valence-electron chi connectivity index (χ2n) is 5.46. The summed E-state index contributed by atoms with van der Waals surface area (Å²) in [5.74, 6) is 0.512. The third-order valence-corrected chi connectivity index (χ3v) is 5.41. The Labute approximate surface area is 118 Å². The number of hydrogen-bond acceptors (Lipinski definition) is 6. The summed E-state index contributed by atoms with van der Waals surface area (Å²) in [7, 11) is -1.67. The third-order valence-electron chi connectivity index (χ3n) is 3.51. The molecule has 0 bridgehead atoms. The van der Waals surface area contributed by atoms with Crippen molar-refractivity contribution in [1.29, 1.82) is 0 Å². The van der Waals surface area contributed by atoms with E-state index >= 15 is 0 Å². The molecular formula is C13H19NO5S. The molecule has 20 heavy (non-hydrogen) atoms. The topological polar surface area (TPSA) is 85.6 Å². The van der Waals surface area contributed by atoms with Crippen molar-refractivity contribution in [3.05, 3.63) is 23.7 Å². The van der Waals surface area contributed by atoms with Gasteiger partial charge in [0, 0.05) is 5.54 Å². The molecule has 0 radical (unpaired) electrons. The fourth-order valence-corrected chi connectivity index (χ4v) is 4.62. The highest BCUT2D eigenvalue weighted by molar-refractivity contribution is 7.91. The monoisotopic (exact) mass is 301 g/mol. The van der Waals surface area contributed by atoms with Crippen molar-refractivity contribution in [1.82, 2.24) is 5.32 Å². The van der Waals surface area contributed by atoms with Crippen molar-refractivity contribution < 1.29 is 22.4 Å². The third kappa shape index (κ3) is 3.21. The van der Waals surface area contributed by atoms with Gasteiger partial charge in [-0.15, -0.1) is 0 Å². The summed E-state index contributed by atoms with van der Waals surface area (Å²) < 4.78 is 33.1. The predicted molar refractivity (Wildman–Crippen MR) is 73.3 cm³/mol. The molecule has 1 aliphatic rings. The highest BCUT2D eigenvalue weighted by atomic mass is 32.2. The zero-order valence-electron chi connectivity index (χ0n) is 11.8. The van der Waals surface area contributed by atoms with Gasteiger partial charge in [0.25, 0.3) is 0 Å². The number of rotatable bonds is 4. The summed E-state index contributed by atoms with van der Waals surface area (Å²) in [6.07, 6.45) is 0.574. The Hall–Kier alpha value is -1.34. The molecular weight excluding hydrogens is 282 g/mol. The van der Waals surface area contributed by atoms with E-state index in [1.807, 2.05) is 13.8 Å². The van der Waals surface area contributed by atoms with Crippen LogP contribution in [0.3, 0.4) is 0 Å². The van der Waals surface area contributed by atoms with Crippen LogP contribution in [-0.2, 0) is 14.6 Å².